The number of benzene rings is 2. The van der Waals surface area contributed by atoms with E-state index in [0.29, 0.717) is 17.0 Å². The molecule has 0 spiro atoms. The van der Waals surface area contributed by atoms with Gasteiger partial charge in [-0.1, -0.05) is 36.4 Å². The second kappa shape index (κ2) is 10.4. The highest BCUT2D eigenvalue weighted by atomic mass is 16.5. The molecule has 2 aromatic rings. The van der Waals surface area contributed by atoms with Crippen molar-refractivity contribution in [3.8, 4) is 5.75 Å². The van der Waals surface area contributed by atoms with Crippen LogP contribution in [0, 0.1) is 0 Å². The van der Waals surface area contributed by atoms with Crippen molar-refractivity contribution in [2.45, 2.75) is 31.8 Å². The summed E-state index contributed by atoms with van der Waals surface area (Å²) in [5.41, 5.74) is 1.04. The Hall–Kier alpha value is -3.68. The number of hydrogen-bond acceptors (Lipinski definition) is 6. The number of amides is 3. The van der Waals surface area contributed by atoms with E-state index >= 15 is 0 Å². The number of imide groups is 1. The van der Waals surface area contributed by atoms with Crippen LogP contribution in [-0.2, 0) is 23.9 Å². The van der Waals surface area contributed by atoms with E-state index in [1.165, 1.54) is 7.11 Å². The van der Waals surface area contributed by atoms with Crippen LogP contribution in [0.25, 0.3) is 0 Å². The maximum absolute atomic E-state index is 12.9. The molecule has 0 aromatic heterocycles. The minimum absolute atomic E-state index is 0.0210. The van der Waals surface area contributed by atoms with Gasteiger partial charge in [0.15, 0.2) is 0 Å². The van der Waals surface area contributed by atoms with Gasteiger partial charge in [-0.15, -0.1) is 0 Å². The average Bonchev–Trinajstić information content (AvgIpc) is 3.10. The molecule has 1 fully saturated rings. The van der Waals surface area contributed by atoms with Crippen LogP contribution in [-0.4, -0.2) is 42.2 Å². The normalized spacial score (nSPS) is 14.3. The lowest BCUT2D eigenvalue weighted by Gasteiger charge is -2.19. The van der Waals surface area contributed by atoms with Gasteiger partial charge >= 0.3 is 5.97 Å². The van der Waals surface area contributed by atoms with Crippen molar-refractivity contribution < 1.29 is 28.7 Å². The molecule has 1 aliphatic heterocycles. The van der Waals surface area contributed by atoms with E-state index in [-0.39, 0.29) is 44.0 Å². The van der Waals surface area contributed by atoms with Crippen molar-refractivity contribution in [2.24, 2.45) is 0 Å². The summed E-state index contributed by atoms with van der Waals surface area (Å²) in [6, 6.07) is 15.5. The molecule has 0 aliphatic carbocycles. The van der Waals surface area contributed by atoms with Gasteiger partial charge in [0.25, 0.3) is 5.91 Å². The molecular formula is C23H24N2O6. The maximum atomic E-state index is 12.9. The third-order valence-corrected chi connectivity index (χ3v) is 4.84. The summed E-state index contributed by atoms with van der Waals surface area (Å²) in [5, 5.41) is 2.74. The highest BCUT2D eigenvalue weighted by Crippen LogP contribution is 2.23. The van der Waals surface area contributed by atoms with Crippen LogP contribution >= 0.6 is 0 Å². The summed E-state index contributed by atoms with van der Waals surface area (Å²) in [4.78, 5) is 49.8. The molecule has 2 aromatic carbocycles. The first-order valence-electron chi connectivity index (χ1n) is 10.0. The van der Waals surface area contributed by atoms with E-state index in [2.05, 4.69) is 5.32 Å². The summed E-state index contributed by atoms with van der Waals surface area (Å²) in [6.45, 7) is 0.165. The van der Waals surface area contributed by atoms with E-state index in [0.717, 1.165) is 4.90 Å². The molecule has 0 radical (unpaired) electrons. The zero-order valence-corrected chi connectivity index (χ0v) is 17.2. The van der Waals surface area contributed by atoms with E-state index < -0.39 is 18.0 Å². The van der Waals surface area contributed by atoms with Gasteiger partial charge in [0, 0.05) is 43.1 Å². The number of nitrogens with one attached hydrogen (secondary N) is 1. The SMILES string of the molecule is COc1cccc(NC(=O)[C@@H](OC(=O)CCCN2C(=O)CCC2=O)c2ccccc2)c1. The van der Waals surface area contributed by atoms with Crippen LogP contribution in [0.4, 0.5) is 5.69 Å². The number of carbonyl (C=O) groups excluding carboxylic acids is 4. The molecule has 162 valence electrons. The molecule has 1 N–H and O–H groups in total. The van der Waals surface area contributed by atoms with E-state index in [4.69, 9.17) is 9.47 Å². The lowest BCUT2D eigenvalue weighted by Crippen LogP contribution is -2.30. The number of likely N-dealkylation sites (tertiary alicyclic amines) is 1. The first-order chi connectivity index (χ1) is 15.0. The summed E-state index contributed by atoms with van der Waals surface area (Å²) in [6.07, 6.45) is -0.467. The number of methoxy groups -OCH3 is 1. The lowest BCUT2D eigenvalue weighted by molar-refractivity contribution is -0.155. The number of nitrogens with zero attached hydrogens (tertiary/aromatic N) is 1. The fourth-order valence-electron chi connectivity index (χ4n) is 3.25. The largest absolute Gasteiger partial charge is 0.497 e. The van der Waals surface area contributed by atoms with Crippen molar-refractivity contribution in [3.05, 3.63) is 60.2 Å². The van der Waals surface area contributed by atoms with Gasteiger partial charge in [-0.25, -0.2) is 0 Å². The highest BCUT2D eigenvalue weighted by molar-refractivity contribution is 6.02. The summed E-state index contributed by atoms with van der Waals surface area (Å²) < 4.78 is 10.6. The Morgan fingerprint density at radius 1 is 1.03 bits per heavy atom. The minimum Gasteiger partial charge on any atom is -0.497 e. The lowest BCUT2D eigenvalue weighted by atomic mass is 10.1. The van der Waals surface area contributed by atoms with Crippen molar-refractivity contribution >= 4 is 29.4 Å². The second-order valence-electron chi connectivity index (χ2n) is 7.04. The Morgan fingerprint density at radius 2 is 1.74 bits per heavy atom. The Labute approximate surface area is 180 Å². The van der Waals surface area contributed by atoms with E-state index in [9.17, 15) is 19.2 Å². The molecule has 8 heteroatoms. The monoisotopic (exact) mass is 424 g/mol. The summed E-state index contributed by atoms with van der Waals surface area (Å²) >= 11 is 0. The van der Waals surface area contributed by atoms with Crippen molar-refractivity contribution in [1.29, 1.82) is 0 Å². The predicted molar refractivity (Wildman–Crippen MR) is 112 cm³/mol. The van der Waals surface area contributed by atoms with Gasteiger partial charge < -0.3 is 14.8 Å². The third kappa shape index (κ3) is 5.91. The van der Waals surface area contributed by atoms with Crippen molar-refractivity contribution in [3.63, 3.8) is 0 Å². The van der Waals surface area contributed by atoms with Crippen LogP contribution in [0.1, 0.15) is 37.4 Å². The highest BCUT2D eigenvalue weighted by Gasteiger charge is 2.29. The smallest absolute Gasteiger partial charge is 0.306 e. The minimum atomic E-state index is -1.14. The van der Waals surface area contributed by atoms with E-state index in [1.54, 1.807) is 54.6 Å². The third-order valence-electron chi connectivity index (χ3n) is 4.84. The van der Waals surface area contributed by atoms with Crippen LogP contribution < -0.4 is 10.1 Å². The number of rotatable bonds is 9. The molecule has 1 saturated heterocycles. The summed E-state index contributed by atoms with van der Waals surface area (Å²) in [7, 11) is 1.53. The molecule has 3 amide bonds. The topological polar surface area (TPSA) is 102 Å². The standard InChI is InChI=1S/C23H24N2O6/c1-30-18-10-5-9-17(15-18)24-23(29)22(16-7-3-2-4-8-16)31-21(28)11-6-14-25-19(26)12-13-20(25)27/h2-5,7-10,15,22H,6,11-14H2,1H3,(H,24,29)/t22-/m0/s1. The zero-order chi connectivity index (χ0) is 22.2. The van der Waals surface area contributed by atoms with Gasteiger partial charge in [0.05, 0.1) is 7.11 Å². The Balaban J connectivity index is 1.63. The fourth-order valence-corrected chi connectivity index (χ4v) is 3.25. The van der Waals surface area contributed by atoms with Crippen LogP contribution in [0.3, 0.4) is 0 Å². The molecule has 31 heavy (non-hydrogen) atoms. The molecular weight excluding hydrogens is 400 g/mol. The molecule has 1 atom stereocenters. The molecule has 0 saturated carbocycles. The molecule has 1 aliphatic rings. The Bertz CT molecular complexity index is 944. The predicted octanol–water partition coefficient (Wildman–Crippen LogP) is 2.85. The van der Waals surface area contributed by atoms with Gasteiger partial charge in [0.1, 0.15) is 5.75 Å². The number of carbonyl (C=O) groups is 4. The van der Waals surface area contributed by atoms with Gasteiger partial charge in [-0.05, 0) is 18.6 Å². The molecule has 0 bridgehead atoms. The molecule has 0 unspecified atom stereocenters. The second-order valence-corrected chi connectivity index (χ2v) is 7.04. The van der Waals surface area contributed by atoms with Crippen molar-refractivity contribution in [1.82, 2.24) is 4.90 Å². The number of ether oxygens (including phenoxy) is 2. The van der Waals surface area contributed by atoms with Gasteiger partial charge in [-0.2, -0.15) is 0 Å². The number of anilines is 1. The number of hydrogen-bond donors (Lipinski definition) is 1. The maximum Gasteiger partial charge on any atom is 0.306 e. The van der Waals surface area contributed by atoms with Gasteiger partial charge in [-0.3, -0.25) is 24.1 Å². The zero-order valence-electron chi connectivity index (χ0n) is 17.2. The average molecular weight is 424 g/mol. The molecule has 8 nitrogen and oxygen atoms in total. The fraction of sp³-hybridized carbons (Fsp3) is 0.304. The van der Waals surface area contributed by atoms with Gasteiger partial charge in [0.2, 0.25) is 17.9 Å². The Kier molecular flexibility index (Phi) is 7.37. The first-order valence-corrected chi connectivity index (χ1v) is 10.0. The first kappa shape index (κ1) is 22.0. The molecule has 1 heterocycles. The van der Waals surface area contributed by atoms with Crippen molar-refractivity contribution in [2.75, 3.05) is 19.0 Å². The number of esters is 1. The summed E-state index contributed by atoms with van der Waals surface area (Å²) in [5.74, 6) is -0.958. The van der Waals surface area contributed by atoms with Crippen LogP contribution in [0.5, 0.6) is 5.75 Å². The Morgan fingerprint density at radius 3 is 2.42 bits per heavy atom. The van der Waals surface area contributed by atoms with E-state index in [1.807, 2.05) is 0 Å². The van der Waals surface area contributed by atoms with Crippen LogP contribution in [0.15, 0.2) is 54.6 Å². The quantitative estimate of drug-likeness (QED) is 0.491. The molecule has 3 rings (SSSR count). The van der Waals surface area contributed by atoms with Crippen LogP contribution in [0.2, 0.25) is 0 Å².